The molecule has 0 radical (unpaired) electrons. The first-order chi connectivity index (χ1) is 10.3. The smallest absolute Gasteiger partial charge is 0.205 e. The van der Waals surface area contributed by atoms with Gasteiger partial charge in [0.25, 0.3) is 0 Å². The molecule has 0 aliphatic rings. The molecule has 0 aliphatic carbocycles. The summed E-state index contributed by atoms with van der Waals surface area (Å²) in [4.78, 5) is 4.33. The Hall–Kier alpha value is -3.22. The maximum absolute atomic E-state index is 5.70. The van der Waals surface area contributed by atoms with Crippen LogP contribution < -0.4 is 5.73 Å². The lowest BCUT2D eigenvalue weighted by molar-refractivity contribution is 0.841. The minimum Gasteiger partial charge on any atom is -0.399 e. The van der Waals surface area contributed by atoms with Crippen molar-refractivity contribution in [1.82, 2.24) is 29.4 Å². The van der Waals surface area contributed by atoms with Crippen LogP contribution in [0.25, 0.3) is 22.6 Å². The SMILES string of the molecule is Nc1ccc(-c2cnn(-c3nccn4cnnc34)c2)cc1. The minimum atomic E-state index is 0.636. The molecule has 0 unspecified atom stereocenters. The highest BCUT2D eigenvalue weighted by Gasteiger charge is 2.09. The van der Waals surface area contributed by atoms with Crippen LogP contribution in [0.5, 0.6) is 0 Å². The van der Waals surface area contributed by atoms with Crippen molar-refractivity contribution >= 4 is 11.3 Å². The fraction of sp³-hybridized carbons (Fsp3) is 0. The molecule has 0 amide bonds. The van der Waals surface area contributed by atoms with Gasteiger partial charge in [-0.25, -0.2) is 9.67 Å². The first-order valence-corrected chi connectivity index (χ1v) is 6.36. The van der Waals surface area contributed by atoms with Crippen LogP contribution in [-0.4, -0.2) is 29.4 Å². The molecule has 0 fully saturated rings. The van der Waals surface area contributed by atoms with E-state index in [2.05, 4.69) is 20.3 Å². The number of nitrogens with zero attached hydrogens (tertiary/aromatic N) is 6. The Kier molecular flexibility index (Phi) is 2.43. The number of anilines is 1. The summed E-state index contributed by atoms with van der Waals surface area (Å²) >= 11 is 0. The molecule has 0 atom stereocenters. The van der Waals surface area contributed by atoms with Gasteiger partial charge < -0.3 is 5.73 Å². The third kappa shape index (κ3) is 1.91. The highest BCUT2D eigenvalue weighted by Crippen LogP contribution is 2.21. The molecule has 0 saturated heterocycles. The van der Waals surface area contributed by atoms with Gasteiger partial charge in [0.1, 0.15) is 6.33 Å². The molecule has 7 nitrogen and oxygen atoms in total. The van der Waals surface area contributed by atoms with Gasteiger partial charge in [0.15, 0.2) is 5.82 Å². The van der Waals surface area contributed by atoms with E-state index in [0.29, 0.717) is 11.5 Å². The normalized spacial score (nSPS) is 11.0. The molecule has 0 saturated carbocycles. The fourth-order valence-corrected chi connectivity index (χ4v) is 2.17. The van der Waals surface area contributed by atoms with Gasteiger partial charge in [-0.05, 0) is 17.7 Å². The van der Waals surface area contributed by atoms with Crippen LogP contribution >= 0.6 is 0 Å². The molecular formula is C14H11N7. The van der Waals surface area contributed by atoms with Crippen molar-refractivity contribution in [3.63, 3.8) is 0 Å². The van der Waals surface area contributed by atoms with Crippen LogP contribution in [-0.2, 0) is 0 Å². The second-order valence-electron chi connectivity index (χ2n) is 4.61. The van der Waals surface area contributed by atoms with Gasteiger partial charge in [-0.15, -0.1) is 10.2 Å². The number of hydrogen-bond donors (Lipinski definition) is 1. The van der Waals surface area contributed by atoms with Gasteiger partial charge in [0, 0.05) is 29.8 Å². The van der Waals surface area contributed by atoms with Gasteiger partial charge >= 0.3 is 0 Å². The first-order valence-electron chi connectivity index (χ1n) is 6.36. The third-order valence-electron chi connectivity index (χ3n) is 3.24. The molecular weight excluding hydrogens is 266 g/mol. The third-order valence-corrected chi connectivity index (χ3v) is 3.24. The highest BCUT2D eigenvalue weighted by molar-refractivity contribution is 5.65. The molecule has 7 heteroatoms. The molecule has 0 aliphatic heterocycles. The second-order valence-corrected chi connectivity index (χ2v) is 4.61. The van der Waals surface area contributed by atoms with E-state index >= 15 is 0 Å². The average molecular weight is 277 g/mol. The van der Waals surface area contributed by atoms with Crippen molar-refractivity contribution in [3.05, 3.63) is 55.4 Å². The van der Waals surface area contributed by atoms with Crippen molar-refractivity contribution in [1.29, 1.82) is 0 Å². The summed E-state index contributed by atoms with van der Waals surface area (Å²) in [5.41, 5.74) is 9.13. The monoisotopic (exact) mass is 277 g/mol. The van der Waals surface area contributed by atoms with E-state index in [1.54, 1.807) is 34.0 Å². The van der Waals surface area contributed by atoms with Gasteiger partial charge in [-0.2, -0.15) is 5.10 Å². The molecule has 0 spiro atoms. The Morgan fingerprint density at radius 1 is 1.05 bits per heavy atom. The number of aromatic nitrogens is 6. The molecule has 3 aromatic heterocycles. The van der Waals surface area contributed by atoms with Crippen molar-refractivity contribution < 1.29 is 0 Å². The van der Waals surface area contributed by atoms with Crippen LogP contribution in [0.3, 0.4) is 0 Å². The van der Waals surface area contributed by atoms with Crippen LogP contribution in [0.4, 0.5) is 5.69 Å². The molecule has 2 N–H and O–H groups in total. The summed E-state index contributed by atoms with van der Waals surface area (Å²) in [5.74, 6) is 0.636. The number of nitrogen functional groups attached to an aromatic ring is 1. The maximum Gasteiger partial charge on any atom is 0.205 e. The number of fused-ring (bicyclic) bond motifs is 1. The number of benzene rings is 1. The zero-order valence-electron chi connectivity index (χ0n) is 11.0. The van der Waals surface area contributed by atoms with Crippen molar-refractivity contribution in [2.24, 2.45) is 0 Å². The lowest BCUT2D eigenvalue weighted by atomic mass is 10.1. The second kappa shape index (κ2) is 4.41. The fourth-order valence-electron chi connectivity index (χ4n) is 2.17. The summed E-state index contributed by atoms with van der Waals surface area (Å²) in [6.45, 7) is 0. The Bertz CT molecular complexity index is 904. The lowest BCUT2D eigenvalue weighted by Gasteiger charge is -2.01. The predicted octanol–water partition coefficient (Wildman–Crippen LogP) is 1.56. The van der Waals surface area contributed by atoms with E-state index in [-0.39, 0.29) is 0 Å². The van der Waals surface area contributed by atoms with Crippen LogP contribution in [0.2, 0.25) is 0 Å². The number of nitrogens with two attached hydrogens (primary N) is 1. The van der Waals surface area contributed by atoms with E-state index in [9.17, 15) is 0 Å². The molecule has 1 aromatic carbocycles. The Morgan fingerprint density at radius 3 is 2.76 bits per heavy atom. The van der Waals surface area contributed by atoms with Gasteiger partial charge in [-0.3, -0.25) is 4.40 Å². The van der Waals surface area contributed by atoms with E-state index in [4.69, 9.17) is 5.73 Å². The lowest BCUT2D eigenvalue weighted by Crippen LogP contribution is -2.01. The summed E-state index contributed by atoms with van der Waals surface area (Å²) in [7, 11) is 0. The van der Waals surface area contributed by atoms with E-state index < -0.39 is 0 Å². The minimum absolute atomic E-state index is 0.636. The zero-order valence-corrected chi connectivity index (χ0v) is 11.0. The van der Waals surface area contributed by atoms with Crippen molar-refractivity contribution in [2.45, 2.75) is 0 Å². The molecule has 4 rings (SSSR count). The van der Waals surface area contributed by atoms with Crippen LogP contribution in [0, 0.1) is 0 Å². The summed E-state index contributed by atoms with van der Waals surface area (Å²) in [6, 6.07) is 7.65. The van der Waals surface area contributed by atoms with E-state index in [1.807, 2.05) is 30.5 Å². The molecule has 102 valence electrons. The highest BCUT2D eigenvalue weighted by atomic mass is 15.3. The van der Waals surface area contributed by atoms with E-state index in [0.717, 1.165) is 16.8 Å². The molecule has 21 heavy (non-hydrogen) atoms. The van der Waals surface area contributed by atoms with Crippen molar-refractivity contribution in [3.8, 4) is 16.9 Å². The quantitative estimate of drug-likeness (QED) is 0.562. The first kappa shape index (κ1) is 11.6. The predicted molar refractivity (Wildman–Crippen MR) is 77.8 cm³/mol. The van der Waals surface area contributed by atoms with Gasteiger partial charge in [0.2, 0.25) is 5.65 Å². The molecule has 0 bridgehead atoms. The van der Waals surface area contributed by atoms with Gasteiger partial charge in [-0.1, -0.05) is 12.1 Å². The average Bonchev–Trinajstić information content (AvgIpc) is 3.16. The largest absolute Gasteiger partial charge is 0.399 e. The number of rotatable bonds is 2. The summed E-state index contributed by atoms with van der Waals surface area (Å²) in [6.07, 6.45) is 8.81. The zero-order chi connectivity index (χ0) is 14.2. The van der Waals surface area contributed by atoms with E-state index in [1.165, 1.54) is 0 Å². The number of hydrogen-bond acceptors (Lipinski definition) is 5. The molecule has 4 aromatic rings. The Labute approximate surface area is 119 Å². The topological polar surface area (TPSA) is 86.9 Å². The standard InChI is InChI=1S/C14H11N7/c15-12-3-1-10(2-4-12)11-7-18-21(8-11)13-14-19-17-9-20(14)6-5-16-13/h1-9H,15H2. The van der Waals surface area contributed by atoms with Crippen LogP contribution in [0.1, 0.15) is 0 Å². The van der Waals surface area contributed by atoms with Gasteiger partial charge in [0.05, 0.1) is 6.20 Å². The van der Waals surface area contributed by atoms with Crippen molar-refractivity contribution in [2.75, 3.05) is 5.73 Å². The Morgan fingerprint density at radius 2 is 1.90 bits per heavy atom. The summed E-state index contributed by atoms with van der Waals surface area (Å²) < 4.78 is 3.49. The van der Waals surface area contributed by atoms with Crippen LogP contribution in [0.15, 0.2) is 55.4 Å². The Balaban J connectivity index is 1.81. The maximum atomic E-state index is 5.70. The molecule has 3 heterocycles. The summed E-state index contributed by atoms with van der Waals surface area (Å²) in [5, 5.41) is 12.3.